The summed E-state index contributed by atoms with van der Waals surface area (Å²) in [6.45, 7) is 1.69. The molecule has 0 unspecified atom stereocenters. The van der Waals surface area contributed by atoms with Gasteiger partial charge >= 0.3 is 0 Å². The first-order valence-corrected chi connectivity index (χ1v) is 8.93. The zero-order valence-corrected chi connectivity index (χ0v) is 14.4. The van der Waals surface area contributed by atoms with Crippen LogP contribution in [-0.4, -0.2) is 30.3 Å². The Morgan fingerprint density at radius 1 is 1.08 bits per heavy atom. The van der Waals surface area contributed by atoms with Gasteiger partial charge in [0.15, 0.2) is 0 Å². The molecule has 0 fully saturated rings. The molecule has 2 aromatic carbocycles. The van der Waals surface area contributed by atoms with Crippen LogP contribution in [0.5, 0.6) is 0 Å². The molecule has 1 amide bonds. The van der Waals surface area contributed by atoms with Crippen LogP contribution >= 0.6 is 11.8 Å². The number of thioether (sulfide) groups is 1. The molecule has 0 spiro atoms. The molecule has 24 heavy (non-hydrogen) atoms. The van der Waals surface area contributed by atoms with Crippen LogP contribution in [0, 0.1) is 0 Å². The van der Waals surface area contributed by atoms with Crippen molar-refractivity contribution in [3.8, 4) is 0 Å². The summed E-state index contributed by atoms with van der Waals surface area (Å²) >= 11 is 1.68. The second-order valence-electron chi connectivity index (χ2n) is 5.44. The Bertz CT molecular complexity index is 632. The minimum absolute atomic E-state index is 0.336. The molecule has 2 aromatic rings. The summed E-state index contributed by atoms with van der Waals surface area (Å²) in [6.07, 6.45) is -1.86. The molecule has 0 N–H and O–H groups in total. The van der Waals surface area contributed by atoms with Crippen molar-refractivity contribution >= 4 is 17.7 Å². The molecule has 2 rings (SSSR count). The van der Waals surface area contributed by atoms with E-state index < -0.39 is 13.0 Å². The van der Waals surface area contributed by atoms with Crippen molar-refractivity contribution < 1.29 is 13.6 Å². The molecular weight excluding hydrogens is 328 g/mol. The van der Waals surface area contributed by atoms with Crippen LogP contribution in [0.2, 0.25) is 0 Å². The lowest BCUT2D eigenvalue weighted by Crippen LogP contribution is -2.35. The SMILES string of the molecule is CCCN(CC(F)F)C(=O)c1ccc(SCc2ccccc2)cc1. The Kier molecular flexibility index (Phi) is 7.25. The fourth-order valence-electron chi connectivity index (χ4n) is 2.33. The van der Waals surface area contributed by atoms with Gasteiger partial charge in [0.1, 0.15) is 0 Å². The first-order chi connectivity index (χ1) is 11.6. The minimum atomic E-state index is -2.51. The maximum atomic E-state index is 12.6. The van der Waals surface area contributed by atoms with E-state index in [4.69, 9.17) is 0 Å². The molecule has 0 atom stereocenters. The second-order valence-corrected chi connectivity index (χ2v) is 6.49. The van der Waals surface area contributed by atoms with E-state index in [9.17, 15) is 13.6 Å². The molecule has 0 bridgehead atoms. The molecule has 0 radical (unpaired) electrons. The van der Waals surface area contributed by atoms with Gasteiger partial charge in [0.2, 0.25) is 0 Å². The summed E-state index contributed by atoms with van der Waals surface area (Å²) in [5.41, 5.74) is 1.68. The standard InChI is InChI=1S/C19H21F2NOS/c1-2-12-22(13-18(20)21)19(23)16-8-10-17(11-9-16)24-14-15-6-4-3-5-7-15/h3-11,18H,2,12-14H2,1H3. The third-order valence-corrected chi connectivity index (χ3v) is 4.57. The van der Waals surface area contributed by atoms with E-state index in [0.717, 1.165) is 10.6 Å². The van der Waals surface area contributed by atoms with Crippen LogP contribution in [0.15, 0.2) is 59.5 Å². The van der Waals surface area contributed by atoms with E-state index in [1.165, 1.54) is 10.5 Å². The topological polar surface area (TPSA) is 20.3 Å². The number of hydrogen-bond acceptors (Lipinski definition) is 2. The molecule has 0 heterocycles. The number of rotatable bonds is 8. The van der Waals surface area contributed by atoms with Crippen molar-refractivity contribution in [2.45, 2.75) is 30.4 Å². The van der Waals surface area contributed by atoms with Gasteiger partial charge in [-0.3, -0.25) is 4.79 Å². The number of alkyl halides is 2. The summed E-state index contributed by atoms with van der Waals surface area (Å²) in [7, 11) is 0. The Morgan fingerprint density at radius 2 is 1.75 bits per heavy atom. The lowest BCUT2D eigenvalue weighted by molar-refractivity contribution is 0.0555. The van der Waals surface area contributed by atoms with Crippen molar-refractivity contribution in [2.24, 2.45) is 0 Å². The second kappa shape index (κ2) is 9.42. The van der Waals surface area contributed by atoms with Gasteiger partial charge in [-0.15, -0.1) is 11.8 Å². The highest BCUT2D eigenvalue weighted by Crippen LogP contribution is 2.23. The van der Waals surface area contributed by atoms with Gasteiger partial charge in [0, 0.05) is 22.8 Å². The normalized spacial score (nSPS) is 10.8. The van der Waals surface area contributed by atoms with Crippen LogP contribution in [0.25, 0.3) is 0 Å². The molecule has 0 aliphatic rings. The highest BCUT2D eigenvalue weighted by atomic mass is 32.2. The Labute approximate surface area is 145 Å². The Balaban J connectivity index is 1.98. The van der Waals surface area contributed by atoms with Crippen LogP contribution in [0.4, 0.5) is 8.78 Å². The largest absolute Gasteiger partial charge is 0.333 e. The monoisotopic (exact) mass is 349 g/mol. The van der Waals surface area contributed by atoms with Gasteiger partial charge in [0.25, 0.3) is 12.3 Å². The molecule has 0 saturated carbocycles. The Hall–Kier alpha value is -1.88. The van der Waals surface area contributed by atoms with E-state index >= 15 is 0 Å². The van der Waals surface area contributed by atoms with Crippen molar-refractivity contribution in [1.29, 1.82) is 0 Å². The zero-order chi connectivity index (χ0) is 17.4. The lowest BCUT2D eigenvalue weighted by Gasteiger charge is -2.21. The van der Waals surface area contributed by atoms with E-state index in [-0.39, 0.29) is 5.91 Å². The fraction of sp³-hybridized carbons (Fsp3) is 0.316. The van der Waals surface area contributed by atoms with Crippen molar-refractivity contribution in [3.05, 3.63) is 65.7 Å². The first kappa shape index (κ1) is 18.5. The predicted octanol–water partition coefficient (Wildman–Crippen LogP) is 5.10. The Morgan fingerprint density at radius 3 is 2.33 bits per heavy atom. The van der Waals surface area contributed by atoms with Crippen LogP contribution in [-0.2, 0) is 5.75 Å². The number of nitrogens with zero attached hydrogens (tertiary/aromatic N) is 1. The summed E-state index contributed by atoms with van der Waals surface area (Å²) in [4.78, 5) is 14.6. The average Bonchev–Trinajstić information content (AvgIpc) is 2.60. The van der Waals surface area contributed by atoms with Crippen molar-refractivity contribution in [3.63, 3.8) is 0 Å². The van der Waals surface area contributed by atoms with E-state index in [1.807, 2.05) is 37.3 Å². The smallest absolute Gasteiger partial charge is 0.255 e. The summed E-state index contributed by atoms with van der Waals surface area (Å²) < 4.78 is 25.2. The fourth-order valence-corrected chi connectivity index (χ4v) is 3.18. The number of carbonyl (C=O) groups is 1. The lowest BCUT2D eigenvalue weighted by atomic mass is 10.2. The molecule has 0 aliphatic heterocycles. The molecule has 128 valence electrons. The maximum absolute atomic E-state index is 12.6. The number of carbonyl (C=O) groups excluding carboxylic acids is 1. The molecule has 0 saturated heterocycles. The van der Waals surface area contributed by atoms with E-state index in [1.54, 1.807) is 23.9 Å². The van der Waals surface area contributed by atoms with E-state index in [2.05, 4.69) is 12.1 Å². The molecule has 5 heteroatoms. The number of benzene rings is 2. The predicted molar refractivity (Wildman–Crippen MR) is 94.6 cm³/mol. The first-order valence-electron chi connectivity index (χ1n) is 7.94. The van der Waals surface area contributed by atoms with Gasteiger partial charge in [-0.1, -0.05) is 37.3 Å². The minimum Gasteiger partial charge on any atom is -0.333 e. The van der Waals surface area contributed by atoms with Crippen molar-refractivity contribution in [1.82, 2.24) is 4.90 Å². The zero-order valence-electron chi connectivity index (χ0n) is 13.6. The van der Waals surface area contributed by atoms with Gasteiger partial charge in [-0.2, -0.15) is 0 Å². The quantitative estimate of drug-likeness (QED) is 0.618. The average molecular weight is 349 g/mol. The summed E-state index contributed by atoms with van der Waals surface area (Å²) in [6, 6.07) is 17.3. The highest BCUT2D eigenvalue weighted by Gasteiger charge is 2.18. The van der Waals surface area contributed by atoms with Crippen LogP contribution in [0.3, 0.4) is 0 Å². The highest BCUT2D eigenvalue weighted by molar-refractivity contribution is 7.98. The van der Waals surface area contributed by atoms with Crippen LogP contribution < -0.4 is 0 Å². The van der Waals surface area contributed by atoms with Gasteiger partial charge in [0.05, 0.1) is 6.54 Å². The van der Waals surface area contributed by atoms with Crippen LogP contribution in [0.1, 0.15) is 29.3 Å². The molecule has 2 nitrogen and oxygen atoms in total. The van der Waals surface area contributed by atoms with E-state index in [0.29, 0.717) is 18.5 Å². The van der Waals surface area contributed by atoms with Gasteiger partial charge in [-0.05, 0) is 36.2 Å². The number of halogens is 2. The third kappa shape index (κ3) is 5.64. The maximum Gasteiger partial charge on any atom is 0.255 e. The van der Waals surface area contributed by atoms with Gasteiger partial charge < -0.3 is 4.90 Å². The molecule has 0 aliphatic carbocycles. The molecular formula is C19H21F2NOS. The van der Waals surface area contributed by atoms with Crippen molar-refractivity contribution in [2.75, 3.05) is 13.1 Å². The van der Waals surface area contributed by atoms with Gasteiger partial charge in [-0.25, -0.2) is 8.78 Å². The number of hydrogen-bond donors (Lipinski definition) is 0. The third-order valence-electron chi connectivity index (χ3n) is 3.49. The molecule has 0 aromatic heterocycles. The summed E-state index contributed by atoms with van der Waals surface area (Å²) in [5.74, 6) is 0.512. The number of amides is 1. The summed E-state index contributed by atoms with van der Waals surface area (Å²) in [5, 5.41) is 0.